The van der Waals surface area contributed by atoms with Crippen LogP contribution in [0.25, 0.3) is 60.9 Å². The van der Waals surface area contributed by atoms with Crippen molar-refractivity contribution < 1.29 is 4.74 Å². The molecule has 5 nitrogen and oxygen atoms in total. The highest BCUT2D eigenvalue weighted by Crippen LogP contribution is 2.47. The third-order valence-corrected chi connectivity index (χ3v) is 15.4. The summed E-state index contributed by atoms with van der Waals surface area (Å²) in [5.74, 6) is 3.16. The van der Waals surface area contributed by atoms with Crippen LogP contribution in [0.1, 0.15) is 74.6 Å². The molecular weight excluding hydrogens is 889 g/mol. The molecule has 0 fully saturated rings. The van der Waals surface area contributed by atoms with Crippen molar-refractivity contribution in [1.82, 2.24) is 9.88 Å². The molecule has 7 aromatic rings. The molecule has 2 aliphatic heterocycles. The number of nitrogens with zero attached hydrogens (tertiary/aromatic N) is 3. The molecule has 5 heteroatoms. The van der Waals surface area contributed by atoms with Crippen LogP contribution in [0.2, 0.25) is 0 Å². The van der Waals surface area contributed by atoms with Crippen LogP contribution in [0.4, 0.5) is 0 Å². The van der Waals surface area contributed by atoms with Gasteiger partial charge in [0.2, 0.25) is 0 Å². The highest BCUT2D eigenvalue weighted by molar-refractivity contribution is 6.16. The lowest BCUT2D eigenvalue weighted by Crippen LogP contribution is -2.40. The molecule has 0 saturated heterocycles. The Morgan fingerprint density at radius 1 is 0.699 bits per heavy atom. The number of hydrogen-bond acceptors (Lipinski definition) is 4. The van der Waals surface area contributed by atoms with E-state index >= 15 is 0 Å². The van der Waals surface area contributed by atoms with Gasteiger partial charge in [0.25, 0.3) is 0 Å². The van der Waals surface area contributed by atoms with Gasteiger partial charge in [0.15, 0.2) is 5.84 Å². The van der Waals surface area contributed by atoms with Crippen molar-refractivity contribution in [2.45, 2.75) is 64.6 Å². The summed E-state index contributed by atoms with van der Waals surface area (Å²) in [6.07, 6.45) is 29.3. The molecule has 1 N–H and O–H groups in total. The van der Waals surface area contributed by atoms with Gasteiger partial charge in [-0.2, -0.15) is 0 Å². The number of aromatic nitrogens is 1. The first-order valence-electron chi connectivity index (χ1n) is 25.9. The van der Waals surface area contributed by atoms with Gasteiger partial charge in [-0.1, -0.05) is 198 Å². The van der Waals surface area contributed by atoms with Crippen molar-refractivity contribution in [3.05, 3.63) is 253 Å². The van der Waals surface area contributed by atoms with Crippen LogP contribution in [-0.2, 0) is 0 Å². The molecule has 3 unspecified atom stereocenters. The minimum atomic E-state index is -0.442. The molecule has 3 heterocycles. The predicted octanol–water partition coefficient (Wildman–Crippen LogP) is 16.7. The van der Waals surface area contributed by atoms with Gasteiger partial charge in [0.05, 0.1) is 16.7 Å². The monoisotopic (exact) mass is 948 g/mol. The zero-order chi connectivity index (χ0) is 49.6. The summed E-state index contributed by atoms with van der Waals surface area (Å²) >= 11 is 0. The molecule has 6 aromatic carbocycles. The molecule has 73 heavy (non-hydrogen) atoms. The smallest absolute Gasteiger partial charge is 0.155 e. The largest absolute Gasteiger partial charge is 0.489 e. The molecule has 1 aromatic heterocycles. The van der Waals surface area contributed by atoms with Gasteiger partial charge < -0.3 is 14.6 Å². The Hall–Kier alpha value is -8.28. The van der Waals surface area contributed by atoms with Gasteiger partial charge in [-0.25, -0.2) is 9.98 Å². The number of nitrogens with one attached hydrogen (secondary N) is 1. The van der Waals surface area contributed by atoms with Crippen molar-refractivity contribution in [3.63, 3.8) is 0 Å². The summed E-state index contributed by atoms with van der Waals surface area (Å²) in [5.41, 5.74) is 17.1. The summed E-state index contributed by atoms with van der Waals surface area (Å²) in [5, 5.41) is 6.21. The van der Waals surface area contributed by atoms with Crippen molar-refractivity contribution in [2.75, 3.05) is 0 Å². The van der Waals surface area contributed by atoms with E-state index in [1.54, 1.807) is 6.08 Å². The molecule has 358 valence electrons. The van der Waals surface area contributed by atoms with Gasteiger partial charge in [0.1, 0.15) is 23.9 Å². The van der Waals surface area contributed by atoms with Crippen LogP contribution >= 0.6 is 0 Å². The number of rotatable bonds is 10. The SMILES string of the molecule is C=C/C=C(\C=C)C1N=C(C2=CCC3c4ccccc4O[C@@H]3C2)N=C(c2cc(C3=CCC(C(C)(C)C)C=C3)c(-n3c4ccc(C5=CCC=CC=C5)cc4c4cc(-c5ccccc5)ccc43)c(-c3ccccc3)c2)N1. The Morgan fingerprint density at radius 3 is 2.16 bits per heavy atom. The quantitative estimate of drug-likeness (QED) is 0.139. The van der Waals surface area contributed by atoms with E-state index < -0.39 is 6.17 Å². The normalized spacial score (nSPS) is 20.4. The van der Waals surface area contributed by atoms with E-state index in [0.717, 1.165) is 81.0 Å². The second-order valence-corrected chi connectivity index (χ2v) is 20.9. The van der Waals surface area contributed by atoms with E-state index in [1.807, 2.05) is 12.2 Å². The molecule has 4 atom stereocenters. The van der Waals surface area contributed by atoms with Crippen LogP contribution in [0.15, 0.2) is 241 Å². The highest BCUT2D eigenvalue weighted by atomic mass is 16.5. The molecule has 0 amide bonds. The van der Waals surface area contributed by atoms with Crippen LogP contribution in [0.3, 0.4) is 0 Å². The maximum absolute atomic E-state index is 6.61. The molecular formula is C68H60N4O. The Balaban J connectivity index is 1.10. The van der Waals surface area contributed by atoms with E-state index in [-0.39, 0.29) is 11.5 Å². The lowest BCUT2D eigenvalue weighted by Gasteiger charge is -2.31. The maximum atomic E-state index is 6.61. The summed E-state index contributed by atoms with van der Waals surface area (Å²) < 4.78 is 9.14. The summed E-state index contributed by atoms with van der Waals surface area (Å²) in [7, 11) is 0. The second kappa shape index (κ2) is 19.0. The fraction of sp³-hybridized carbons (Fsp3) is 0.176. The first-order valence-corrected chi connectivity index (χ1v) is 25.9. The lowest BCUT2D eigenvalue weighted by atomic mass is 9.75. The third-order valence-electron chi connectivity index (χ3n) is 15.4. The van der Waals surface area contributed by atoms with E-state index in [1.165, 1.54) is 44.2 Å². The fourth-order valence-corrected chi connectivity index (χ4v) is 11.5. The second-order valence-electron chi connectivity index (χ2n) is 20.9. The van der Waals surface area contributed by atoms with E-state index in [4.69, 9.17) is 14.7 Å². The zero-order valence-electron chi connectivity index (χ0n) is 41.9. The van der Waals surface area contributed by atoms with Crippen molar-refractivity contribution in [1.29, 1.82) is 0 Å². The number of aliphatic imine (C=N–C) groups is 2. The average Bonchev–Trinajstić information content (AvgIpc) is 3.82. The van der Waals surface area contributed by atoms with Gasteiger partial charge in [0, 0.05) is 45.4 Å². The zero-order valence-corrected chi connectivity index (χ0v) is 41.9. The molecule has 0 saturated carbocycles. The number of amidine groups is 2. The van der Waals surface area contributed by atoms with E-state index in [9.17, 15) is 0 Å². The van der Waals surface area contributed by atoms with Crippen LogP contribution in [-0.4, -0.2) is 28.5 Å². The first kappa shape index (κ1) is 45.8. The summed E-state index contributed by atoms with van der Waals surface area (Å²) in [4.78, 5) is 10.8. The lowest BCUT2D eigenvalue weighted by molar-refractivity contribution is 0.201. The number of para-hydroxylation sites is 1. The average molecular weight is 949 g/mol. The number of benzene rings is 6. The van der Waals surface area contributed by atoms with Crippen molar-refractivity contribution in [2.24, 2.45) is 21.3 Å². The Morgan fingerprint density at radius 2 is 1.42 bits per heavy atom. The highest BCUT2D eigenvalue weighted by Gasteiger charge is 2.38. The molecule has 3 aliphatic carbocycles. The van der Waals surface area contributed by atoms with E-state index in [0.29, 0.717) is 24.1 Å². The number of fused-ring (bicyclic) bond motifs is 6. The van der Waals surface area contributed by atoms with Crippen molar-refractivity contribution >= 4 is 44.6 Å². The molecule has 0 radical (unpaired) electrons. The number of hydrogen-bond donors (Lipinski definition) is 1. The van der Waals surface area contributed by atoms with Gasteiger partial charge in [-0.3, -0.25) is 0 Å². The maximum Gasteiger partial charge on any atom is 0.155 e. The van der Waals surface area contributed by atoms with Crippen LogP contribution in [0, 0.1) is 11.3 Å². The molecule has 5 aliphatic rings. The number of ether oxygens (including phenoxy) is 1. The Kier molecular flexibility index (Phi) is 12.0. The topological polar surface area (TPSA) is 50.9 Å². The Labute approximate surface area is 429 Å². The molecule has 0 spiro atoms. The summed E-state index contributed by atoms with van der Waals surface area (Å²) in [6.45, 7) is 15.3. The third kappa shape index (κ3) is 8.63. The van der Waals surface area contributed by atoms with Gasteiger partial charge >= 0.3 is 0 Å². The Bertz CT molecular complexity index is 3650. The number of allylic oxidation sites excluding steroid dienone is 13. The first-order chi connectivity index (χ1) is 35.7. The van der Waals surface area contributed by atoms with E-state index in [2.05, 4.69) is 232 Å². The minimum Gasteiger partial charge on any atom is -0.489 e. The van der Waals surface area contributed by atoms with Crippen molar-refractivity contribution in [3.8, 4) is 33.7 Å². The molecule has 12 rings (SSSR count). The standard InChI is InChI=1S/C68H60N4O/c1-6-20-44(7-2)65-69-66(51-31-36-55-54-27-18-19-28-62(54)73-63(55)43-51)71-67(70-65)52-41-56(47-25-16-11-17-26-47)64(57(42-52)48-29-34-53(35-30-48)68(3,4)5)72-60-37-32-49(45-21-12-8-9-13-22-45)39-58(60)59-40-50(33-38-61(59)72)46-23-14-10-15-24-46/h6-12,14-34,37-42,53,55,63,65H,1-2,13,35-36,43H2,3-5H3,(H,69,70,71)/b44-20+/t53?,55?,63-,65?/m1/s1. The fourth-order valence-electron chi connectivity index (χ4n) is 11.5. The molecule has 0 bridgehead atoms. The van der Waals surface area contributed by atoms with Crippen LogP contribution < -0.4 is 10.1 Å². The van der Waals surface area contributed by atoms with Gasteiger partial charge in [-0.15, -0.1) is 0 Å². The van der Waals surface area contributed by atoms with Gasteiger partial charge in [-0.05, 0) is 118 Å². The minimum absolute atomic E-state index is 0.0237. The summed E-state index contributed by atoms with van der Waals surface area (Å²) in [6, 6.07) is 48.8. The van der Waals surface area contributed by atoms with Crippen LogP contribution in [0.5, 0.6) is 5.75 Å². The predicted molar refractivity (Wildman–Crippen MR) is 307 cm³/mol.